The van der Waals surface area contributed by atoms with Gasteiger partial charge >= 0.3 is 0 Å². The summed E-state index contributed by atoms with van der Waals surface area (Å²) in [6, 6.07) is 13.8. The van der Waals surface area contributed by atoms with Gasteiger partial charge in [-0.05, 0) is 98.5 Å². The number of nitrogens with zero attached hydrogens (tertiary/aromatic N) is 1. The van der Waals surface area contributed by atoms with E-state index in [1.165, 1.54) is 6.07 Å². The molecule has 30 heavy (non-hydrogen) atoms. The topological polar surface area (TPSA) is 42.0 Å². The van der Waals surface area contributed by atoms with Gasteiger partial charge in [-0.1, -0.05) is 18.5 Å². The molecule has 1 aliphatic carbocycles. The number of halogens is 2. The number of rotatable bonds is 3. The van der Waals surface area contributed by atoms with E-state index < -0.39 is 0 Å². The lowest BCUT2D eigenvalue weighted by molar-refractivity contribution is 0.0896. The van der Waals surface area contributed by atoms with E-state index in [-0.39, 0.29) is 17.3 Å². The maximum Gasteiger partial charge on any atom is 0.251 e. The van der Waals surface area contributed by atoms with Crippen LogP contribution in [-0.2, 0) is 0 Å². The Kier molecular flexibility index (Phi) is 5.79. The quantitative estimate of drug-likeness (QED) is 0.487. The van der Waals surface area contributed by atoms with Gasteiger partial charge in [-0.3, -0.25) is 9.78 Å². The summed E-state index contributed by atoms with van der Waals surface area (Å²) in [6.07, 6.45) is 5.49. The van der Waals surface area contributed by atoms with Gasteiger partial charge in [0.25, 0.3) is 5.91 Å². The van der Waals surface area contributed by atoms with Gasteiger partial charge in [-0.25, -0.2) is 4.39 Å². The van der Waals surface area contributed by atoms with Crippen LogP contribution in [0.1, 0.15) is 61.4 Å². The van der Waals surface area contributed by atoms with Crippen molar-refractivity contribution in [1.82, 2.24) is 10.3 Å². The van der Waals surface area contributed by atoms with Crippen molar-refractivity contribution < 1.29 is 9.18 Å². The van der Waals surface area contributed by atoms with E-state index in [4.69, 9.17) is 11.6 Å². The van der Waals surface area contributed by atoms with Crippen molar-refractivity contribution in [2.75, 3.05) is 0 Å². The summed E-state index contributed by atoms with van der Waals surface area (Å²) in [6.45, 7) is 4.38. The van der Waals surface area contributed by atoms with E-state index in [9.17, 15) is 9.18 Å². The number of fused-ring (bicyclic) bond motifs is 1. The molecule has 3 nitrogen and oxygen atoms in total. The molecule has 3 atom stereocenters. The first-order valence-electron chi connectivity index (χ1n) is 10.5. The lowest BCUT2D eigenvalue weighted by atomic mass is 9.82. The maximum atomic E-state index is 13.9. The molecule has 156 valence electrons. The fraction of sp³-hybridized carbons (Fsp3) is 0.360. The summed E-state index contributed by atoms with van der Waals surface area (Å²) >= 11 is 5.94. The minimum atomic E-state index is -0.284. The zero-order valence-electron chi connectivity index (χ0n) is 17.3. The van der Waals surface area contributed by atoms with Crippen LogP contribution < -0.4 is 5.32 Å². The van der Waals surface area contributed by atoms with E-state index in [0.29, 0.717) is 22.4 Å². The van der Waals surface area contributed by atoms with Crippen LogP contribution in [0.3, 0.4) is 0 Å². The summed E-state index contributed by atoms with van der Waals surface area (Å²) in [5.41, 5.74) is 2.31. The third kappa shape index (κ3) is 4.34. The summed E-state index contributed by atoms with van der Waals surface area (Å²) in [7, 11) is 0. The van der Waals surface area contributed by atoms with Gasteiger partial charge in [0.1, 0.15) is 5.82 Å². The molecule has 0 bridgehead atoms. The van der Waals surface area contributed by atoms with Gasteiger partial charge in [-0.2, -0.15) is 0 Å². The van der Waals surface area contributed by atoms with Crippen LogP contribution in [0, 0.1) is 11.7 Å². The number of benzene rings is 2. The SMILES string of the molecule is C[C@@H]1CC[C@](C)(NC(=O)c2ccc(Cl)cc2)CC[C@H]1c1ccnc2ccc(F)cc12. The lowest BCUT2D eigenvalue weighted by Crippen LogP contribution is -2.45. The molecule has 1 heterocycles. The van der Waals surface area contributed by atoms with Gasteiger partial charge in [0, 0.05) is 27.7 Å². The van der Waals surface area contributed by atoms with Crippen LogP contribution in [0.2, 0.25) is 5.02 Å². The molecule has 0 radical (unpaired) electrons. The number of hydrogen-bond acceptors (Lipinski definition) is 2. The largest absolute Gasteiger partial charge is 0.347 e. The molecule has 1 N–H and O–H groups in total. The second kappa shape index (κ2) is 8.35. The first kappa shape index (κ1) is 20.8. The first-order valence-corrected chi connectivity index (χ1v) is 10.8. The Morgan fingerprint density at radius 3 is 2.63 bits per heavy atom. The van der Waals surface area contributed by atoms with Crippen molar-refractivity contribution >= 4 is 28.4 Å². The lowest BCUT2D eigenvalue weighted by Gasteiger charge is -2.30. The first-order chi connectivity index (χ1) is 14.3. The molecule has 5 heteroatoms. The van der Waals surface area contributed by atoms with Crippen molar-refractivity contribution in [2.24, 2.45) is 5.92 Å². The highest BCUT2D eigenvalue weighted by Gasteiger charge is 2.34. The molecule has 0 aliphatic heterocycles. The van der Waals surface area contributed by atoms with E-state index in [2.05, 4.69) is 24.1 Å². The molecule has 4 rings (SSSR count). The summed E-state index contributed by atoms with van der Waals surface area (Å²) < 4.78 is 13.9. The predicted octanol–water partition coefficient (Wildman–Crippen LogP) is 6.51. The molecule has 0 unspecified atom stereocenters. The third-order valence-corrected chi connectivity index (χ3v) is 6.76. The molecule has 1 aliphatic rings. The molecule has 2 aromatic carbocycles. The number of carbonyl (C=O) groups excluding carboxylic acids is 1. The van der Waals surface area contributed by atoms with Gasteiger partial charge in [0.2, 0.25) is 0 Å². The van der Waals surface area contributed by atoms with Crippen LogP contribution in [0.4, 0.5) is 4.39 Å². The Balaban J connectivity index is 1.56. The standard InChI is InChI=1S/C25H26ClFN2O/c1-16-9-12-25(2,29-24(30)17-3-5-18(26)6-4-17)13-10-20(16)21-11-14-28-23-8-7-19(27)15-22(21)23/h3-8,11,14-16,20H,9-10,12-13H2,1-2H3,(H,29,30)/t16-,20-,25+/m1/s1. The maximum absolute atomic E-state index is 13.9. The Bertz CT molecular complexity index is 1070. The monoisotopic (exact) mass is 424 g/mol. The van der Waals surface area contributed by atoms with E-state index in [1.54, 1.807) is 36.4 Å². The van der Waals surface area contributed by atoms with Crippen molar-refractivity contribution in [3.63, 3.8) is 0 Å². The van der Waals surface area contributed by atoms with Crippen LogP contribution in [0.5, 0.6) is 0 Å². The summed E-state index contributed by atoms with van der Waals surface area (Å²) in [5.74, 6) is 0.412. The smallest absolute Gasteiger partial charge is 0.251 e. The van der Waals surface area contributed by atoms with Crippen LogP contribution in [-0.4, -0.2) is 16.4 Å². The summed E-state index contributed by atoms with van der Waals surface area (Å²) in [4.78, 5) is 17.2. The predicted molar refractivity (Wildman–Crippen MR) is 119 cm³/mol. The van der Waals surface area contributed by atoms with Gasteiger partial charge in [0.15, 0.2) is 0 Å². The highest BCUT2D eigenvalue weighted by molar-refractivity contribution is 6.30. The van der Waals surface area contributed by atoms with Crippen molar-refractivity contribution in [1.29, 1.82) is 0 Å². The Morgan fingerprint density at radius 2 is 1.87 bits per heavy atom. The number of carbonyl (C=O) groups is 1. The van der Waals surface area contributed by atoms with Gasteiger partial charge in [-0.15, -0.1) is 0 Å². The molecule has 1 fully saturated rings. The van der Waals surface area contributed by atoms with Crippen molar-refractivity contribution in [3.05, 3.63) is 76.7 Å². The van der Waals surface area contributed by atoms with Crippen LogP contribution in [0.25, 0.3) is 10.9 Å². The summed E-state index contributed by atoms with van der Waals surface area (Å²) in [5, 5.41) is 4.76. The Labute approximate surface area is 181 Å². The van der Waals surface area contributed by atoms with E-state index in [0.717, 1.165) is 42.1 Å². The minimum absolute atomic E-state index is 0.0725. The van der Waals surface area contributed by atoms with E-state index >= 15 is 0 Å². The zero-order valence-corrected chi connectivity index (χ0v) is 18.0. The number of amides is 1. The van der Waals surface area contributed by atoms with Gasteiger partial charge < -0.3 is 5.32 Å². The average Bonchev–Trinajstić information content (AvgIpc) is 2.87. The number of pyridine rings is 1. The Morgan fingerprint density at radius 1 is 1.13 bits per heavy atom. The van der Waals surface area contributed by atoms with E-state index in [1.807, 2.05) is 12.3 Å². The molecular formula is C25H26ClFN2O. The fourth-order valence-electron chi connectivity index (χ4n) is 4.63. The molecule has 3 aromatic rings. The fourth-order valence-corrected chi connectivity index (χ4v) is 4.75. The molecule has 0 spiro atoms. The highest BCUT2D eigenvalue weighted by Crippen LogP contribution is 2.41. The second-order valence-electron chi connectivity index (χ2n) is 8.74. The molecule has 1 saturated carbocycles. The third-order valence-electron chi connectivity index (χ3n) is 6.50. The number of aromatic nitrogens is 1. The zero-order chi connectivity index (χ0) is 21.3. The second-order valence-corrected chi connectivity index (χ2v) is 9.18. The van der Waals surface area contributed by atoms with Crippen molar-refractivity contribution in [2.45, 2.75) is 51.0 Å². The van der Waals surface area contributed by atoms with Crippen LogP contribution in [0.15, 0.2) is 54.7 Å². The average molecular weight is 425 g/mol. The van der Waals surface area contributed by atoms with Crippen LogP contribution >= 0.6 is 11.6 Å². The van der Waals surface area contributed by atoms with Gasteiger partial charge in [0.05, 0.1) is 5.52 Å². The Hall–Kier alpha value is -2.46. The number of nitrogens with one attached hydrogen (secondary N) is 1. The van der Waals surface area contributed by atoms with Crippen molar-refractivity contribution in [3.8, 4) is 0 Å². The minimum Gasteiger partial charge on any atom is -0.347 e. The molecule has 1 amide bonds. The normalized spacial score (nSPS) is 24.4. The number of hydrogen-bond donors (Lipinski definition) is 1. The molecular weight excluding hydrogens is 399 g/mol. The molecule has 1 aromatic heterocycles. The highest BCUT2D eigenvalue weighted by atomic mass is 35.5. The molecule has 0 saturated heterocycles.